The van der Waals surface area contributed by atoms with E-state index in [0.29, 0.717) is 16.6 Å². The molecule has 0 spiro atoms. The first-order valence-electron chi connectivity index (χ1n) is 4.40. The number of nitro groups is 1. The predicted molar refractivity (Wildman–Crippen MR) is 56.6 cm³/mol. The largest absolute Gasteiger partial charge is 0.369 e. The topological polar surface area (TPSA) is 97.8 Å². The molecule has 1 heterocycles. The molecule has 1 aromatic carbocycles. The zero-order chi connectivity index (χ0) is 11.2. The summed E-state index contributed by atoms with van der Waals surface area (Å²) < 4.78 is 0. The average Bonchev–Trinajstić information content (AvgIpc) is 2.45. The highest BCUT2D eigenvalue weighted by Crippen LogP contribution is 2.29. The van der Waals surface area contributed by atoms with Crippen LogP contribution >= 0.6 is 0 Å². The van der Waals surface area contributed by atoms with Crippen molar-refractivity contribution in [1.29, 1.82) is 0 Å². The van der Waals surface area contributed by atoms with Gasteiger partial charge in [-0.2, -0.15) is 0 Å². The molecule has 6 heteroatoms. The zero-order valence-electron chi connectivity index (χ0n) is 8.37. The maximum atomic E-state index is 10.8. The molecule has 0 radical (unpaired) electrons. The number of H-pyrrole nitrogens is 1. The van der Waals surface area contributed by atoms with Gasteiger partial charge in [0, 0.05) is 5.56 Å². The summed E-state index contributed by atoms with van der Waals surface area (Å²) in [6, 6.07) is 1.68. The van der Waals surface area contributed by atoms with E-state index in [1.54, 1.807) is 19.9 Å². The van der Waals surface area contributed by atoms with Crippen LogP contribution in [0.2, 0.25) is 0 Å². The molecule has 2 rings (SSSR count). The van der Waals surface area contributed by atoms with Crippen LogP contribution < -0.4 is 5.73 Å². The van der Waals surface area contributed by atoms with Crippen molar-refractivity contribution in [2.24, 2.45) is 0 Å². The molecule has 0 aliphatic rings. The number of benzene rings is 1. The Morgan fingerprint density at radius 1 is 1.53 bits per heavy atom. The number of rotatable bonds is 1. The van der Waals surface area contributed by atoms with Gasteiger partial charge in [-0.1, -0.05) is 0 Å². The van der Waals surface area contributed by atoms with Crippen molar-refractivity contribution in [3.8, 4) is 0 Å². The lowest BCUT2D eigenvalue weighted by Crippen LogP contribution is -1.95. The maximum absolute atomic E-state index is 10.8. The predicted octanol–water partition coefficient (Wildman–Crippen LogP) is 1.67. The Hall–Kier alpha value is -2.11. The number of nitrogens with one attached hydrogen (secondary N) is 1. The molecule has 0 amide bonds. The Labute approximate surface area is 85.3 Å². The van der Waals surface area contributed by atoms with E-state index in [4.69, 9.17) is 5.73 Å². The number of aromatic amines is 1. The first-order chi connectivity index (χ1) is 7.00. The fourth-order valence-electron chi connectivity index (χ4n) is 1.77. The van der Waals surface area contributed by atoms with Crippen molar-refractivity contribution in [2.45, 2.75) is 13.8 Å². The molecular formula is C9H10N4O2. The number of aryl methyl sites for hydroxylation is 2. The van der Waals surface area contributed by atoms with Crippen molar-refractivity contribution >= 4 is 22.7 Å². The third kappa shape index (κ3) is 1.30. The van der Waals surface area contributed by atoms with Crippen LogP contribution in [-0.4, -0.2) is 14.9 Å². The molecule has 15 heavy (non-hydrogen) atoms. The van der Waals surface area contributed by atoms with E-state index in [0.717, 1.165) is 5.52 Å². The number of imidazole rings is 1. The number of anilines is 1. The molecule has 0 fully saturated rings. The summed E-state index contributed by atoms with van der Waals surface area (Å²) in [5, 5.41) is 10.8. The molecule has 0 aliphatic heterocycles. The average molecular weight is 206 g/mol. The number of fused-ring (bicyclic) bond motifs is 1. The van der Waals surface area contributed by atoms with Crippen LogP contribution in [0.5, 0.6) is 0 Å². The number of hydrogen-bond donors (Lipinski definition) is 2. The fraction of sp³-hybridized carbons (Fsp3) is 0.222. The van der Waals surface area contributed by atoms with E-state index in [1.165, 1.54) is 0 Å². The minimum Gasteiger partial charge on any atom is -0.369 e. The van der Waals surface area contributed by atoms with Crippen LogP contribution in [0.15, 0.2) is 6.07 Å². The number of hydrogen-bond acceptors (Lipinski definition) is 4. The van der Waals surface area contributed by atoms with Crippen LogP contribution in [0, 0.1) is 24.0 Å². The number of aromatic nitrogens is 2. The van der Waals surface area contributed by atoms with Gasteiger partial charge in [0.1, 0.15) is 5.52 Å². The molecule has 0 bridgehead atoms. The standard InChI is InChI=1S/C9H10N4O2/c1-4-3-6-7(12-9(10)11-6)5(2)8(4)13(14)15/h3H,1-2H3,(H3,10,11,12). The van der Waals surface area contributed by atoms with E-state index in [9.17, 15) is 10.1 Å². The van der Waals surface area contributed by atoms with E-state index < -0.39 is 4.92 Å². The minimum absolute atomic E-state index is 0.106. The van der Waals surface area contributed by atoms with Crippen LogP contribution in [0.25, 0.3) is 11.0 Å². The molecule has 0 aliphatic carbocycles. The van der Waals surface area contributed by atoms with Gasteiger partial charge >= 0.3 is 0 Å². The van der Waals surface area contributed by atoms with Crippen molar-refractivity contribution in [1.82, 2.24) is 9.97 Å². The maximum Gasteiger partial charge on any atom is 0.277 e. The summed E-state index contributed by atoms with van der Waals surface area (Å²) in [5.41, 5.74) is 8.04. The molecule has 0 saturated heterocycles. The lowest BCUT2D eigenvalue weighted by atomic mass is 10.1. The number of nitrogens with zero attached hydrogens (tertiary/aromatic N) is 2. The summed E-state index contributed by atoms with van der Waals surface area (Å²) in [6.07, 6.45) is 0. The minimum atomic E-state index is -0.394. The molecular weight excluding hydrogens is 196 g/mol. The zero-order valence-corrected chi connectivity index (χ0v) is 8.37. The van der Waals surface area contributed by atoms with Gasteiger partial charge in [-0.05, 0) is 19.9 Å². The summed E-state index contributed by atoms with van der Waals surface area (Å²) >= 11 is 0. The van der Waals surface area contributed by atoms with Gasteiger partial charge in [0.15, 0.2) is 5.95 Å². The number of nitrogens with two attached hydrogens (primary N) is 1. The lowest BCUT2D eigenvalue weighted by Gasteiger charge is -2.01. The third-order valence-corrected chi connectivity index (χ3v) is 2.38. The second-order valence-corrected chi connectivity index (χ2v) is 3.44. The van der Waals surface area contributed by atoms with Crippen LogP contribution in [0.1, 0.15) is 11.1 Å². The number of nitro benzene ring substituents is 1. The van der Waals surface area contributed by atoms with Crippen LogP contribution in [-0.2, 0) is 0 Å². The van der Waals surface area contributed by atoms with Crippen molar-refractivity contribution in [2.75, 3.05) is 5.73 Å². The molecule has 6 nitrogen and oxygen atoms in total. The Bertz CT molecular complexity index is 559. The van der Waals surface area contributed by atoms with Gasteiger partial charge in [0.2, 0.25) is 0 Å². The highest BCUT2D eigenvalue weighted by atomic mass is 16.6. The van der Waals surface area contributed by atoms with E-state index in [2.05, 4.69) is 9.97 Å². The molecule has 0 unspecified atom stereocenters. The lowest BCUT2D eigenvalue weighted by molar-refractivity contribution is -0.385. The molecule has 3 N–H and O–H groups in total. The Morgan fingerprint density at radius 3 is 2.80 bits per heavy atom. The van der Waals surface area contributed by atoms with Gasteiger partial charge < -0.3 is 10.7 Å². The Kier molecular flexibility index (Phi) is 1.85. The monoisotopic (exact) mass is 206 g/mol. The molecule has 78 valence electrons. The van der Waals surface area contributed by atoms with Gasteiger partial charge in [-0.3, -0.25) is 10.1 Å². The summed E-state index contributed by atoms with van der Waals surface area (Å²) in [5.74, 6) is 0.271. The molecule has 1 aromatic heterocycles. The summed E-state index contributed by atoms with van der Waals surface area (Å²) in [7, 11) is 0. The first-order valence-corrected chi connectivity index (χ1v) is 4.40. The highest BCUT2D eigenvalue weighted by Gasteiger charge is 2.19. The second kappa shape index (κ2) is 2.94. The van der Waals surface area contributed by atoms with Crippen LogP contribution in [0.3, 0.4) is 0 Å². The normalized spacial score (nSPS) is 10.8. The quantitative estimate of drug-likeness (QED) is 0.547. The van der Waals surface area contributed by atoms with Crippen LogP contribution in [0.4, 0.5) is 11.6 Å². The Morgan fingerprint density at radius 2 is 2.20 bits per heavy atom. The van der Waals surface area contributed by atoms with E-state index in [1.807, 2.05) is 0 Å². The molecule has 0 atom stereocenters. The van der Waals surface area contributed by atoms with E-state index in [-0.39, 0.29) is 11.6 Å². The van der Waals surface area contributed by atoms with Crippen molar-refractivity contribution in [3.05, 3.63) is 27.3 Å². The van der Waals surface area contributed by atoms with Gasteiger partial charge in [-0.15, -0.1) is 0 Å². The van der Waals surface area contributed by atoms with Crippen molar-refractivity contribution < 1.29 is 4.92 Å². The summed E-state index contributed by atoms with van der Waals surface area (Å²) in [4.78, 5) is 17.3. The van der Waals surface area contributed by atoms with Gasteiger partial charge in [0.05, 0.1) is 16.0 Å². The SMILES string of the molecule is Cc1cc2[nH]c(N)nc2c(C)c1[N+](=O)[O-]. The molecule has 2 aromatic rings. The molecule has 0 saturated carbocycles. The van der Waals surface area contributed by atoms with Crippen molar-refractivity contribution in [3.63, 3.8) is 0 Å². The fourth-order valence-corrected chi connectivity index (χ4v) is 1.77. The first kappa shape index (κ1) is 9.45. The second-order valence-electron chi connectivity index (χ2n) is 3.44. The summed E-state index contributed by atoms with van der Waals surface area (Å²) in [6.45, 7) is 3.37. The number of nitrogen functional groups attached to an aromatic ring is 1. The van der Waals surface area contributed by atoms with E-state index >= 15 is 0 Å². The third-order valence-electron chi connectivity index (χ3n) is 2.38. The smallest absolute Gasteiger partial charge is 0.277 e. The Balaban J connectivity index is 2.89. The highest BCUT2D eigenvalue weighted by molar-refractivity contribution is 5.85. The van der Waals surface area contributed by atoms with Gasteiger partial charge in [-0.25, -0.2) is 4.98 Å². The van der Waals surface area contributed by atoms with Gasteiger partial charge in [0.25, 0.3) is 5.69 Å².